The molecular weight excluding hydrogens is 168 g/mol. The zero-order valence-electron chi connectivity index (χ0n) is 8.16. The van der Waals surface area contributed by atoms with Crippen LogP contribution in [0.2, 0.25) is 0 Å². The van der Waals surface area contributed by atoms with E-state index < -0.39 is 0 Å². The highest BCUT2D eigenvalue weighted by Crippen LogP contribution is 2.31. The monoisotopic (exact) mass is 186 g/mol. The van der Waals surface area contributed by atoms with E-state index in [4.69, 9.17) is 15.2 Å². The first-order valence-corrected chi connectivity index (χ1v) is 4.94. The number of ether oxygens (including phenoxy) is 2. The van der Waals surface area contributed by atoms with Gasteiger partial charge in [0.2, 0.25) is 0 Å². The first-order valence-electron chi connectivity index (χ1n) is 4.94. The Labute approximate surface area is 79.0 Å². The molecule has 2 fully saturated rings. The Morgan fingerprint density at radius 2 is 2.46 bits per heavy atom. The maximum absolute atomic E-state index is 5.82. The molecule has 2 atom stereocenters. The summed E-state index contributed by atoms with van der Waals surface area (Å²) in [6.07, 6.45) is 2.26. The largest absolute Gasteiger partial charge is 0.346 e. The van der Waals surface area contributed by atoms with Crippen LogP contribution in [0.15, 0.2) is 0 Å². The van der Waals surface area contributed by atoms with Gasteiger partial charge in [0, 0.05) is 13.0 Å². The number of likely N-dealkylation sites (N-methyl/N-ethyl adjacent to an activating group) is 1. The van der Waals surface area contributed by atoms with Gasteiger partial charge >= 0.3 is 0 Å². The van der Waals surface area contributed by atoms with Crippen molar-refractivity contribution in [3.05, 3.63) is 0 Å². The van der Waals surface area contributed by atoms with E-state index in [0.29, 0.717) is 13.2 Å². The van der Waals surface area contributed by atoms with Crippen molar-refractivity contribution < 1.29 is 9.47 Å². The molecule has 2 saturated heterocycles. The van der Waals surface area contributed by atoms with E-state index in [1.165, 1.54) is 0 Å². The summed E-state index contributed by atoms with van der Waals surface area (Å²) < 4.78 is 11.5. The molecule has 2 heterocycles. The van der Waals surface area contributed by atoms with Gasteiger partial charge in [0.25, 0.3) is 0 Å². The molecule has 0 aliphatic carbocycles. The Hall–Kier alpha value is -0.160. The second-order valence-corrected chi connectivity index (χ2v) is 4.04. The molecule has 0 saturated carbocycles. The number of hydrogen-bond donors (Lipinski definition) is 1. The molecule has 13 heavy (non-hydrogen) atoms. The summed E-state index contributed by atoms with van der Waals surface area (Å²) in [4.78, 5) is 2.25. The highest BCUT2D eigenvalue weighted by atomic mass is 16.7. The van der Waals surface area contributed by atoms with Crippen LogP contribution in [-0.4, -0.2) is 50.1 Å². The summed E-state index contributed by atoms with van der Waals surface area (Å²) in [6.45, 7) is 3.24. The third-order valence-corrected chi connectivity index (χ3v) is 2.78. The van der Waals surface area contributed by atoms with Gasteiger partial charge in [-0.1, -0.05) is 0 Å². The topological polar surface area (TPSA) is 47.7 Å². The van der Waals surface area contributed by atoms with Crippen molar-refractivity contribution in [2.75, 3.05) is 33.3 Å². The van der Waals surface area contributed by atoms with Gasteiger partial charge in [-0.05, 0) is 20.0 Å². The quantitative estimate of drug-likeness (QED) is 0.615. The molecule has 0 aromatic carbocycles. The number of rotatable bonds is 1. The lowest BCUT2D eigenvalue weighted by Crippen LogP contribution is -2.47. The summed E-state index contributed by atoms with van der Waals surface area (Å²) in [7, 11) is 2.10. The van der Waals surface area contributed by atoms with Crippen LogP contribution in [0.25, 0.3) is 0 Å². The van der Waals surface area contributed by atoms with E-state index >= 15 is 0 Å². The van der Waals surface area contributed by atoms with Crippen molar-refractivity contribution in [3.63, 3.8) is 0 Å². The summed E-state index contributed by atoms with van der Waals surface area (Å²) in [6, 6.07) is 0. The molecule has 0 amide bonds. The van der Waals surface area contributed by atoms with Gasteiger partial charge in [-0.25, -0.2) is 0 Å². The van der Waals surface area contributed by atoms with Crippen molar-refractivity contribution >= 4 is 0 Å². The van der Waals surface area contributed by atoms with E-state index in [9.17, 15) is 0 Å². The summed E-state index contributed by atoms with van der Waals surface area (Å²) >= 11 is 0. The molecule has 2 unspecified atom stereocenters. The fourth-order valence-corrected chi connectivity index (χ4v) is 2.13. The average Bonchev–Trinajstić information content (AvgIpc) is 2.48. The number of hydrogen-bond acceptors (Lipinski definition) is 4. The number of likely N-dealkylation sites (tertiary alicyclic amines) is 1. The summed E-state index contributed by atoms with van der Waals surface area (Å²) in [5.41, 5.74) is 5.54. The van der Waals surface area contributed by atoms with Crippen LogP contribution in [0.5, 0.6) is 0 Å². The van der Waals surface area contributed by atoms with E-state index in [1.54, 1.807) is 0 Å². The highest BCUT2D eigenvalue weighted by molar-refractivity contribution is 4.85. The van der Waals surface area contributed by atoms with Crippen LogP contribution >= 0.6 is 0 Å². The van der Waals surface area contributed by atoms with E-state index in [0.717, 1.165) is 25.9 Å². The maximum Gasteiger partial charge on any atom is 0.181 e. The van der Waals surface area contributed by atoms with Gasteiger partial charge in [-0.3, -0.25) is 0 Å². The second-order valence-electron chi connectivity index (χ2n) is 4.04. The molecule has 2 rings (SSSR count). The molecule has 4 nitrogen and oxygen atoms in total. The van der Waals surface area contributed by atoms with Crippen molar-refractivity contribution in [1.29, 1.82) is 0 Å². The second kappa shape index (κ2) is 3.53. The lowest BCUT2D eigenvalue weighted by Gasteiger charge is -2.36. The predicted molar refractivity (Wildman–Crippen MR) is 49.3 cm³/mol. The first kappa shape index (κ1) is 9.40. The third-order valence-electron chi connectivity index (χ3n) is 2.78. The minimum atomic E-state index is -0.336. The van der Waals surface area contributed by atoms with Crippen LogP contribution in [-0.2, 0) is 9.47 Å². The molecule has 0 aromatic heterocycles. The molecule has 2 aliphatic heterocycles. The van der Waals surface area contributed by atoms with Gasteiger partial charge in [0.05, 0.1) is 19.3 Å². The zero-order valence-corrected chi connectivity index (χ0v) is 8.16. The molecule has 2 aliphatic rings. The van der Waals surface area contributed by atoms with Gasteiger partial charge in [-0.15, -0.1) is 0 Å². The highest BCUT2D eigenvalue weighted by Gasteiger charge is 2.43. The Morgan fingerprint density at radius 3 is 3.08 bits per heavy atom. The minimum absolute atomic E-state index is 0.103. The van der Waals surface area contributed by atoms with Gasteiger partial charge in [0.15, 0.2) is 5.79 Å². The Morgan fingerprint density at radius 1 is 1.62 bits per heavy atom. The molecule has 2 N–H and O–H groups in total. The standard InChI is InChI=1S/C9H18N2O2/c1-11-4-2-3-9(7-11)12-6-8(5-10)13-9/h8H,2-7,10H2,1H3. The number of nitrogens with zero attached hydrogens (tertiary/aromatic N) is 1. The summed E-state index contributed by atoms with van der Waals surface area (Å²) in [5.74, 6) is -0.336. The smallest absolute Gasteiger partial charge is 0.181 e. The molecular formula is C9H18N2O2. The van der Waals surface area contributed by atoms with E-state index in [1.807, 2.05) is 0 Å². The Balaban J connectivity index is 1.97. The predicted octanol–water partition coefficient (Wildman–Crippen LogP) is -0.218. The van der Waals surface area contributed by atoms with Crippen LogP contribution in [0, 0.1) is 0 Å². The van der Waals surface area contributed by atoms with Crippen molar-refractivity contribution in [2.45, 2.75) is 24.7 Å². The fourth-order valence-electron chi connectivity index (χ4n) is 2.13. The van der Waals surface area contributed by atoms with Crippen molar-refractivity contribution in [2.24, 2.45) is 5.73 Å². The molecule has 76 valence electrons. The molecule has 0 aromatic rings. The SMILES string of the molecule is CN1CCCC2(C1)OCC(CN)O2. The van der Waals surface area contributed by atoms with Crippen LogP contribution in [0.4, 0.5) is 0 Å². The van der Waals surface area contributed by atoms with Gasteiger partial charge in [0.1, 0.15) is 0 Å². The summed E-state index contributed by atoms with van der Waals surface area (Å²) in [5, 5.41) is 0. The number of piperidine rings is 1. The molecule has 0 bridgehead atoms. The van der Waals surface area contributed by atoms with Crippen LogP contribution < -0.4 is 5.73 Å². The van der Waals surface area contributed by atoms with Crippen LogP contribution in [0.1, 0.15) is 12.8 Å². The molecule has 0 radical (unpaired) electrons. The van der Waals surface area contributed by atoms with Crippen molar-refractivity contribution in [3.8, 4) is 0 Å². The normalized spacial score (nSPS) is 41.5. The Bertz CT molecular complexity index is 188. The van der Waals surface area contributed by atoms with E-state index in [-0.39, 0.29) is 11.9 Å². The Kier molecular flexibility index (Phi) is 2.55. The molecule has 4 heteroatoms. The van der Waals surface area contributed by atoms with Gasteiger partial charge in [-0.2, -0.15) is 0 Å². The fraction of sp³-hybridized carbons (Fsp3) is 1.00. The lowest BCUT2D eigenvalue weighted by molar-refractivity contribution is -0.194. The van der Waals surface area contributed by atoms with Crippen molar-refractivity contribution in [1.82, 2.24) is 4.90 Å². The average molecular weight is 186 g/mol. The minimum Gasteiger partial charge on any atom is -0.346 e. The van der Waals surface area contributed by atoms with Gasteiger partial charge < -0.3 is 20.1 Å². The third kappa shape index (κ3) is 1.86. The zero-order chi connectivity index (χ0) is 9.31. The molecule has 1 spiro atoms. The van der Waals surface area contributed by atoms with E-state index in [2.05, 4.69) is 11.9 Å². The van der Waals surface area contributed by atoms with Crippen LogP contribution in [0.3, 0.4) is 0 Å². The lowest BCUT2D eigenvalue weighted by atomic mass is 10.1. The number of nitrogens with two attached hydrogens (primary N) is 1. The maximum atomic E-state index is 5.82. The first-order chi connectivity index (χ1) is 6.24.